The molecule has 0 radical (unpaired) electrons. The van der Waals surface area contributed by atoms with E-state index in [-0.39, 0.29) is 5.56 Å². The molecule has 1 fully saturated rings. The summed E-state index contributed by atoms with van der Waals surface area (Å²) >= 11 is 0. The first-order valence-corrected chi connectivity index (χ1v) is 7.47. The number of para-hydroxylation sites is 1. The fourth-order valence-electron chi connectivity index (χ4n) is 3.06. The highest BCUT2D eigenvalue weighted by Gasteiger charge is 2.18. The van der Waals surface area contributed by atoms with Crippen LogP contribution >= 0.6 is 0 Å². The predicted molar refractivity (Wildman–Crippen MR) is 81.0 cm³/mol. The molecule has 3 aromatic rings. The van der Waals surface area contributed by atoms with Gasteiger partial charge < -0.3 is 0 Å². The lowest BCUT2D eigenvalue weighted by Gasteiger charge is -2.21. The molecule has 0 spiro atoms. The van der Waals surface area contributed by atoms with Crippen LogP contribution in [0.1, 0.15) is 19.3 Å². The second-order valence-corrected chi connectivity index (χ2v) is 5.59. The normalized spacial score (nSPS) is 16.6. The van der Waals surface area contributed by atoms with Crippen LogP contribution in [-0.2, 0) is 0 Å². The molecule has 0 unspecified atom stereocenters. The van der Waals surface area contributed by atoms with E-state index in [2.05, 4.69) is 10.1 Å². The smallest absolute Gasteiger partial charge is 0.282 e. The van der Waals surface area contributed by atoms with Crippen molar-refractivity contribution in [3.05, 3.63) is 46.8 Å². The third kappa shape index (κ3) is 2.10. The number of fused-ring (bicyclic) bond motifs is 2. The maximum absolute atomic E-state index is 12.6. The number of nitrogens with zero attached hydrogens (tertiary/aromatic N) is 3. The molecule has 21 heavy (non-hydrogen) atoms. The quantitative estimate of drug-likeness (QED) is 0.676. The van der Waals surface area contributed by atoms with E-state index in [9.17, 15) is 4.79 Å². The average molecular weight is 281 g/mol. The minimum Gasteiger partial charge on any atom is -0.285 e. The zero-order valence-corrected chi connectivity index (χ0v) is 11.7. The third-order valence-electron chi connectivity index (χ3n) is 4.20. The van der Waals surface area contributed by atoms with Crippen molar-refractivity contribution in [2.75, 3.05) is 13.1 Å². The average Bonchev–Trinajstić information content (AvgIpc) is 2.56. The van der Waals surface area contributed by atoms with Crippen LogP contribution in [0.15, 0.2) is 41.2 Å². The molecule has 1 saturated heterocycles. The summed E-state index contributed by atoms with van der Waals surface area (Å²) < 4.78 is 1.44. The standard InChI is InChI=1S/C16H16N4O/c21-16-12-6-2-3-7-13(12)17-14-8-9-15(18-20(14)16)19-10-4-1-5-11-19/h2-3,6-9H,1,4-5,10-11H2/p+1. The van der Waals surface area contributed by atoms with Crippen molar-refractivity contribution < 1.29 is 4.90 Å². The number of quaternary nitrogens is 1. The Labute approximate surface area is 121 Å². The van der Waals surface area contributed by atoms with Gasteiger partial charge in [-0.05, 0) is 37.5 Å². The van der Waals surface area contributed by atoms with Gasteiger partial charge in [0.05, 0.1) is 24.0 Å². The molecule has 5 heteroatoms. The maximum Gasteiger partial charge on any atom is 0.282 e. The SMILES string of the molecule is O=c1c2ccccc2nc2ccc([NH+]3CCCCC3)nn12. The van der Waals surface area contributed by atoms with Crippen molar-refractivity contribution in [1.29, 1.82) is 0 Å². The predicted octanol–water partition coefficient (Wildman–Crippen LogP) is 0.943. The van der Waals surface area contributed by atoms with Crippen LogP contribution in [0.5, 0.6) is 0 Å². The molecule has 4 rings (SSSR count). The Morgan fingerprint density at radius 1 is 1.00 bits per heavy atom. The van der Waals surface area contributed by atoms with Crippen molar-refractivity contribution >= 4 is 22.4 Å². The summed E-state index contributed by atoms with van der Waals surface area (Å²) in [7, 11) is 0. The van der Waals surface area contributed by atoms with Crippen LogP contribution in [0.2, 0.25) is 0 Å². The Morgan fingerprint density at radius 2 is 1.81 bits per heavy atom. The van der Waals surface area contributed by atoms with Gasteiger partial charge in [-0.2, -0.15) is 4.52 Å². The van der Waals surface area contributed by atoms with E-state index in [1.807, 2.05) is 30.3 Å². The van der Waals surface area contributed by atoms with Gasteiger partial charge in [-0.15, -0.1) is 5.10 Å². The van der Waals surface area contributed by atoms with Gasteiger partial charge in [0.25, 0.3) is 5.56 Å². The molecule has 1 aromatic carbocycles. The van der Waals surface area contributed by atoms with E-state index in [4.69, 9.17) is 0 Å². The van der Waals surface area contributed by atoms with Gasteiger partial charge in [-0.25, -0.2) is 4.98 Å². The molecule has 2 aromatic heterocycles. The lowest BCUT2D eigenvalue weighted by molar-refractivity contribution is -0.841. The molecule has 5 nitrogen and oxygen atoms in total. The third-order valence-corrected chi connectivity index (χ3v) is 4.20. The Morgan fingerprint density at radius 3 is 2.67 bits per heavy atom. The Kier molecular flexibility index (Phi) is 2.93. The van der Waals surface area contributed by atoms with Gasteiger partial charge in [-0.3, -0.25) is 9.69 Å². The zero-order valence-electron chi connectivity index (χ0n) is 11.7. The van der Waals surface area contributed by atoms with Crippen molar-refractivity contribution in [3.8, 4) is 0 Å². The fraction of sp³-hybridized carbons (Fsp3) is 0.312. The highest BCUT2D eigenvalue weighted by atomic mass is 16.1. The number of rotatable bonds is 1. The topological polar surface area (TPSA) is 51.7 Å². The second-order valence-electron chi connectivity index (χ2n) is 5.59. The summed E-state index contributed by atoms with van der Waals surface area (Å²) in [5.74, 6) is 0.946. The van der Waals surface area contributed by atoms with Crippen molar-refractivity contribution in [2.24, 2.45) is 0 Å². The van der Waals surface area contributed by atoms with E-state index in [0.717, 1.165) is 24.4 Å². The number of piperidine rings is 1. The van der Waals surface area contributed by atoms with Gasteiger partial charge in [0.15, 0.2) is 5.65 Å². The van der Waals surface area contributed by atoms with Gasteiger partial charge in [-0.1, -0.05) is 12.1 Å². The number of hydrogen-bond donors (Lipinski definition) is 1. The highest BCUT2D eigenvalue weighted by Crippen LogP contribution is 2.09. The first-order valence-electron chi connectivity index (χ1n) is 7.47. The summed E-state index contributed by atoms with van der Waals surface area (Å²) in [4.78, 5) is 18.5. The van der Waals surface area contributed by atoms with Crippen molar-refractivity contribution in [3.63, 3.8) is 0 Å². The molecular weight excluding hydrogens is 264 g/mol. The van der Waals surface area contributed by atoms with Crippen molar-refractivity contribution in [1.82, 2.24) is 14.6 Å². The molecule has 1 aliphatic heterocycles. The summed E-state index contributed by atoms with van der Waals surface area (Å²) in [5, 5.41) is 5.17. The molecule has 0 aliphatic carbocycles. The van der Waals surface area contributed by atoms with Gasteiger partial charge in [0, 0.05) is 6.07 Å². The van der Waals surface area contributed by atoms with Crippen LogP contribution in [0, 0.1) is 0 Å². The summed E-state index contributed by atoms with van der Waals surface area (Å²) in [5.41, 5.74) is 1.25. The molecule has 0 atom stereocenters. The molecule has 3 heterocycles. The van der Waals surface area contributed by atoms with E-state index in [0.29, 0.717) is 11.0 Å². The lowest BCUT2D eigenvalue weighted by Crippen LogP contribution is -3.08. The van der Waals surface area contributed by atoms with E-state index >= 15 is 0 Å². The Balaban J connectivity index is 1.92. The number of aromatic nitrogens is 3. The summed E-state index contributed by atoms with van der Waals surface area (Å²) in [6, 6.07) is 11.3. The van der Waals surface area contributed by atoms with E-state index in [1.165, 1.54) is 28.7 Å². The maximum atomic E-state index is 12.6. The van der Waals surface area contributed by atoms with Crippen molar-refractivity contribution in [2.45, 2.75) is 19.3 Å². The van der Waals surface area contributed by atoms with Gasteiger partial charge in [0.1, 0.15) is 0 Å². The minimum atomic E-state index is -0.0890. The Hall–Kier alpha value is -2.27. The summed E-state index contributed by atoms with van der Waals surface area (Å²) in [6.07, 6.45) is 3.74. The van der Waals surface area contributed by atoms with Crippen LogP contribution < -0.4 is 10.5 Å². The second kappa shape index (κ2) is 4.93. The fourth-order valence-corrected chi connectivity index (χ4v) is 3.06. The zero-order chi connectivity index (χ0) is 14.2. The molecule has 0 amide bonds. The molecular formula is C16H17N4O+. The first-order chi connectivity index (χ1) is 10.3. The highest BCUT2D eigenvalue weighted by molar-refractivity contribution is 5.79. The van der Waals surface area contributed by atoms with Crippen LogP contribution in [-0.4, -0.2) is 27.7 Å². The number of benzene rings is 1. The molecule has 0 saturated carbocycles. The monoisotopic (exact) mass is 281 g/mol. The molecule has 0 bridgehead atoms. The molecule has 106 valence electrons. The van der Waals surface area contributed by atoms with Crippen LogP contribution in [0.3, 0.4) is 0 Å². The van der Waals surface area contributed by atoms with Gasteiger partial charge >= 0.3 is 0 Å². The largest absolute Gasteiger partial charge is 0.285 e. The van der Waals surface area contributed by atoms with Crippen LogP contribution in [0.4, 0.5) is 5.82 Å². The van der Waals surface area contributed by atoms with E-state index < -0.39 is 0 Å². The molecule has 1 N–H and O–H groups in total. The minimum absolute atomic E-state index is 0.0890. The van der Waals surface area contributed by atoms with E-state index in [1.54, 1.807) is 6.07 Å². The summed E-state index contributed by atoms with van der Waals surface area (Å²) in [6.45, 7) is 2.18. The van der Waals surface area contributed by atoms with Crippen LogP contribution in [0.25, 0.3) is 16.6 Å². The van der Waals surface area contributed by atoms with Gasteiger partial charge in [0.2, 0.25) is 5.82 Å². The molecule has 1 aliphatic rings. The Bertz CT molecular complexity index is 865. The first kappa shape index (κ1) is 12.5. The lowest BCUT2D eigenvalue weighted by atomic mass is 10.1. The number of nitrogens with one attached hydrogen (secondary N) is 1. The number of hydrogen-bond acceptors (Lipinski definition) is 3.